The molecule has 2 aromatic rings. The van der Waals surface area contributed by atoms with Crippen molar-refractivity contribution in [2.75, 3.05) is 6.61 Å². The van der Waals surface area contributed by atoms with Crippen LogP contribution in [-0.2, 0) is 12.8 Å². The smallest absolute Gasteiger partial charge is 0.128 e. The van der Waals surface area contributed by atoms with E-state index in [0.29, 0.717) is 0 Å². The summed E-state index contributed by atoms with van der Waals surface area (Å²) in [5, 5.41) is 10.5. The molecule has 0 aliphatic carbocycles. The summed E-state index contributed by atoms with van der Waals surface area (Å²) >= 11 is 0. The Kier molecular flexibility index (Phi) is 4.56. The first-order valence-corrected chi connectivity index (χ1v) is 7.81. The predicted molar refractivity (Wildman–Crippen MR) is 84.6 cm³/mol. The summed E-state index contributed by atoms with van der Waals surface area (Å²) in [5.74, 6) is 0.927. The summed E-state index contributed by atoms with van der Waals surface area (Å²) in [6.07, 6.45) is 4.46. The van der Waals surface area contributed by atoms with Gasteiger partial charge in [0, 0.05) is 5.56 Å². The van der Waals surface area contributed by atoms with E-state index < -0.39 is 6.10 Å². The van der Waals surface area contributed by atoms with Gasteiger partial charge in [0.2, 0.25) is 0 Å². The van der Waals surface area contributed by atoms with Crippen molar-refractivity contribution in [3.8, 4) is 5.75 Å². The molecule has 0 aromatic heterocycles. The standard InChI is InChI=1S/C19H22O2/c20-18(13-4-9-15-7-2-1-3-8-15)17-12-5-10-16-11-6-14-21-19(16)17/h1-3,5,7-8,10,12,18,20H,4,6,9,11,13-14H2. The Morgan fingerprint density at radius 2 is 1.90 bits per heavy atom. The minimum atomic E-state index is -0.429. The topological polar surface area (TPSA) is 29.5 Å². The van der Waals surface area contributed by atoms with Crippen LogP contribution < -0.4 is 4.74 Å². The number of fused-ring (bicyclic) bond motifs is 1. The van der Waals surface area contributed by atoms with Crippen molar-refractivity contribution >= 4 is 0 Å². The van der Waals surface area contributed by atoms with Gasteiger partial charge in [0.1, 0.15) is 5.75 Å². The second-order valence-corrected chi connectivity index (χ2v) is 5.68. The van der Waals surface area contributed by atoms with Crippen molar-refractivity contribution in [1.29, 1.82) is 0 Å². The number of aliphatic hydroxyl groups excluding tert-OH is 1. The lowest BCUT2D eigenvalue weighted by Crippen LogP contribution is -2.12. The van der Waals surface area contributed by atoms with E-state index in [1.807, 2.05) is 18.2 Å². The van der Waals surface area contributed by atoms with Gasteiger partial charge in [0.25, 0.3) is 0 Å². The first kappa shape index (κ1) is 14.2. The molecule has 2 nitrogen and oxygen atoms in total. The summed E-state index contributed by atoms with van der Waals surface area (Å²) in [6, 6.07) is 16.6. The fourth-order valence-electron chi connectivity index (χ4n) is 2.98. The highest BCUT2D eigenvalue weighted by Crippen LogP contribution is 2.34. The van der Waals surface area contributed by atoms with Crippen LogP contribution in [0.25, 0.3) is 0 Å². The average Bonchev–Trinajstić information content (AvgIpc) is 2.55. The molecule has 1 atom stereocenters. The van der Waals surface area contributed by atoms with Gasteiger partial charge >= 0.3 is 0 Å². The summed E-state index contributed by atoms with van der Waals surface area (Å²) in [7, 11) is 0. The van der Waals surface area contributed by atoms with Gasteiger partial charge in [-0.05, 0) is 43.2 Å². The van der Waals surface area contributed by atoms with Gasteiger partial charge in [-0.3, -0.25) is 0 Å². The van der Waals surface area contributed by atoms with Crippen molar-refractivity contribution in [2.24, 2.45) is 0 Å². The van der Waals surface area contributed by atoms with Crippen molar-refractivity contribution in [2.45, 2.75) is 38.2 Å². The molecule has 2 heteroatoms. The molecular weight excluding hydrogens is 260 g/mol. The molecule has 0 fully saturated rings. The van der Waals surface area contributed by atoms with Gasteiger partial charge in [-0.15, -0.1) is 0 Å². The maximum atomic E-state index is 10.5. The molecule has 1 aliphatic rings. The number of hydrogen-bond acceptors (Lipinski definition) is 2. The molecule has 0 amide bonds. The number of rotatable bonds is 5. The predicted octanol–water partition coefficient (Wildman–Crippen LogP) is 4.07. The quantitative estimate of drug-likeness (QED) is 0.896. The van der Waals surface area contributed by atoms with E-state index in [9.17, 15) is 5.11 Å². The Balaban J connectivity index is 1.62. The zero-order chi connectivity index (χ0) is 14.5. The lowest BCUT2D eigenvalue weighted by Gasteiger charge is -2.22. The first-order valence-electron chi connectivity index (χ1n) is 7.81. The molecule has 0 bridgehead atoms. The number of aliphatic hydroxyl groups is 1. The number of ether oxygens (including phenoxy) is 1. The molecule has 110 valence electrons. The fraction of sp³-hybridized carbons (Fsp3) is 0.368. The lowest BCUT2D eigenvalue weighted by atomic mass is 9.96. The zero-order valence-corrected chi connectivity index (χ0v) is 12.3. The normalized spacial score (nSPS) is 15.1. The Bertz CT molecular complexity index is 577. The second kappa shape index (κ2) is 6.77. The molecule has 3 rings (SSSR count). The van der Waals surface area contributed by atoms with Crippen molar-refractivity contribution in [3.63, 3.8) is 0 Å². The van der Waals surface area contributed by atoms with Gasteiger partial charge in [-0.25, -0.2) is 0 Å². The summed E-state index contributed by atoms with van der Waals surface area (Å²) in [6.45, 7) is 0.765. The Morgan fingerprint density at radius 3 is 2.76 bits per heavy atom. The molecule has 0 saturated heterocycles. The van der Waals surface area contributed by atoms with Gasteiger partial charge in [0.05, 0.1) is 12.7 Å². The second-order valence-electron chi connectivity index (χ2n) is 5.68. The van der Waals surface area contributed by atoms with Crippen LogP contribution in [0.5, 0.6) is 5.75 Å². The summed E-state index contributed by atoms with van der Waals surface area (Å²) < 4.78 is 5.78. The Hall–Kier alpha value is -1.80. The molecule has 0 radical (unpaired) electrons. The lowest BCUT2D eigenvalue weighted by molar-refractivity contribution is 0.157. The Labute approximate surface area is 126 Å². The molecule has 0 saturated carbocycles. The minimum Gasteiger partial charge on any atom is -0.493 e. The maximum Gasteiger partial charge on any atom is 0.128 e. The van der Waals surface area contributed by atoms with E-state index in [1.165, 1.54) is 11.1 Å². The SMILES string of the molecule is OC(CCCc1ccccc1)c1cccc2c1OCCC2. The molecule has 1 N–H and O–H groups in total. The van der Waals surface area contributed by atoms with E-state index >= 15 is 0 Å². The maximum absolute atomic E-state index is 10.5. The van der Waals surface area contributed by atoms with Gasteiger partial charge < -0.3 is 9.84 Å². The first-order chi connectivity index (χ1) is 10.3. The van der Waals surface area contributed by atoms with Crippen LogP contribution in [0.15, 0.2) is 48.5 Å². The number of hydrogen-bond donors (Lipinski definition) is 1. The monoisotopic (exact) mass is 282 g/mol. The third kappa shape index (κ3) is 3.45. The summed E-state index contributed by atoms with van der Waals surface area (Å²) in [5.41, 5.74) is 3.53. The minimum absolute atomic E-state index is 0.429. The van der Waals surface area contributed by atoms with Crippen LogP contribution in [0.4, 0.5) is 0 Å². The number of para-hydroxylation sites is 1. The Morgan fingerprint density at radius 1 is 1.05 bits per heavy atom. The highest BCUT2D eigenvalue weighted by molar-refractivity contribution is 5.43. The molecule has 2 aromatic carbocycles. The molecule has 1 aliphatic heterocycles. The van der Waals surface area contributed by atoms with Crippen molar-refractivity contribution < 1.29 is 9.84 Å². The van der Waals surface area contributed by atoms with E-state index in [1.54, 1.807) is 0 Å². The van der Waals surface area contributed by atoms with E-state index in [-0.39, 0.29) is 0 Å². The molecule has 1 unspecified atom stereocenters. The van der Waals surface area contributed by atoms with Gasteiger partial charge in [-0.2, -0.15) is 0 Å². The van der Waals surface area contributed by atoms with Crippen LogP contribution in [0.1, 0.15) is 42.1 Å². The fourth-order valence-corrected chi connectivity index (χ4v) is 2.98. The average molecular weight is 282 g/mol. The summed E-state index contributed by atoms with van der Waals surface area (Å²) in [4.78, 5) is 0. The largest absolute Gasteiger partial charge is 0.493 e. The molecule has 1 heterocycles. The van der Waals surface area contributed by atoms with E-state index in [2.05, 4.69) is 30.3 Å². The third-order valence-corrected chi connectivity index (χ3v) is 4.11. The van der Waals surface area contributed by atoms with Gasteiger partial charge in [0.15, 0.2) is 0 Å². The highest BCUT2D eigenvalue weighted by atomic mass is 16.5. The van der Waals surface area contributed by atoms with Crippen LogP contribution in [-0.4, -0.2) is 11.7 Å². The molecule has 0 spiro atoms. The van der Waals surface area contributed by atoms with Crippen molar-refractivity contribution in [3.05, 3.63) is 65.2 Å². The van der Waals surface area contributed by atoms with Crippen LogP contribution in [0.3, 0.4) is 0 Å². The van der Waals surface area contributed by atoms with Crippen LogP contribution in [0.2, 0.25) is 0 Å². The van der Waals surface area contributed by atoms with E-state index in [4.69, 9.17) is 4.74 Å². The molecular formula is C19H22O2. The zero-order valence-electron chi connectivity index (χ0n) is 12.3. The third-order valence-electron chi connectivity index (χ3n) is 4.11. The van der Waals surface area contributed by atoms with E-state index in [0.717, 1.165) is 50.0 Å². The van der Waals surface area contributed by atoms with Crippen molar-refractivity contribution in [1.82, 2.24) is 0 Å². The highest BCUT2D eigenvalue weighted by Gasteiger charge is 2.19. The molecule has 21 heavy (non-hydrogen) atoms. The van der Waals surface area contributed by atoms with Crippen LogP contribution >= 0.6 is 0 Å². The van der Waals surface area contributed by atoms with Gasteiger partial charge in [-0.1, -0.05) is 48.5 Å². The number of aryl methyl sites for hydroxylation is 2. The van der Waals surface area contributed by atoms with Crippen LogP contribution in [0, 0.1) is 0 Å². The number of benzene rings is 2.